The molecule has 2 atom stereocenters. The van der Waals surface area contributed by atoms with Crippen molar-refractivity contribution in [1.29, 1.82) is 0 Å². The summed E-state index contributed by atoms with van der Waals surface area (Å²) >= 11 is 1.36. The van der Waals surface area contributed by atoms with Crippen LogP contribution >= 0.6 is 11.3 Å². The summed E-state index contributed by atoms with van der Waals surface area (Å²) in [5.74, 6) is -0.742. The van der Waals surface area contributed by atoms with Crippen LogP contribution in [0.25, 0.3) is 0 Å². The molecule has 0 aromatic carbocycles. The topological polar surface area (TPSA) is 117 Å². The number of carbonyl (C=O) groups is 3. The Hall–Kier alpha value is -2.94. The molecule has 2 aromatic rings. The number of thiophene rings is 1. The summed E-state index contributed by atoms with van der Waals surface area (Å²) in [5.41, 5.74) is 7.07. The van der Waals surface area contributed by atoms with Gasteiger partial charge in [-0.1, -0.05) is 13.8 Å². The summed E-state index contributed by atoms with van der Waals surface area (Å²) in [6.07, 6.45) is 3.82. The predicted molar refractivity (Wildman–Crippen MR) is 117 cm³/mol. The fraction of sp³-hybridized carbons (Fsp3) is 0.429. The highest BCUT2D eigenvalue weighted by atomic mass is 32.1. The standard InChI is InChI=1S/C21H27N5O3S/c1-4-13-9-14(10-24-18(13)22)25-20(28)21(29)26-11-12(2)5-6-15(26)16-7-8-17(30-16)19(27)23-3/h7-10,12,15H,4-6,11H2,1-3H3,(H2,22,24)(H,23,27)(H,25,28). The van der Waals surface area contributed by atoms with Crippen LogP contribution in [0, 0.1) is 5.92 Å². The summed E-state index contributed by atoms with van der Waals surface area (Å²) in [7, 11) is 1.58. The average Bonchev–Trinajstić information content (AvgIpc) is 3.23. The molecule has 0 spiro atoms. The van der Waals surface area contributed by atoms with Gasteiger partial charge in [-0.25, -0.2) is 4.98 Å². The Morgan fingerprint density at radius 1 is 1.30 bits per heavy atom. The Labute approximate surface area is 179 Å². The number of anilines is 2. The fourth-order valence-electron chi connectivity index (χ4n) is 3.64. The number of nitrogens with zero attached hydrogens (tertiary/aromatic N) is 2. The normalized spacial score (nSPS) is 18.7. The Bertz CT molecular complexity index is 958. The molecule has 2 unspecified atom stereocenters. The first-order valence-electron chi connectivity index (χ1n) is 10.0. The van der Waals surface area contributed by atoms with E-state index in [1.54, 1.807) is 24.1 Å². The molecule has 3 rings (SSSR count). The van der Waals surface area contributed by atoms with Crippen LogP contribution in [-0.4, -0.2) is 41.2 Å². The number of likely N-dealkylation sites (tertiary alicyclic amines) is 1. The monoisotopic (exact) mass is 429 g/mol. The first-order chi connectivity index (χ1) is 14.3. The van der Waals surface area contributed by atoms with Gasteiger partial charge in [0.25, 0.3) is 5.91 Å². The van der Waals surface area contributed by atoms with Gasteiger partial charge in [0, 0.05) is 18.5 Å². The van der Waals surface area contributed by atoms with Gasteiger partial charge in [0.05, 0.1) is 22.8 Å². The molecule has 8 nitrogen and oxygen atoms in total. The van der Waals surface area contributed by atoms with Crippen molar-refractivity contribution >= 4 is 40.6 Å². The quantitative estimate of drug-likeness (QED) is 0.646. The number of aryl methyl sites for hydroxylation is 1. The zero-order valence-corrected chi connectivity index (χ0v) is 18.2. The lowest BCUT2D eigenvalue weighted by molar-refractivity contribution is -0.146. The third-order valence-corrected chi connectivity index (χ3v) is 6.50. The minimum absolute atomic E-state index is 0.159. The lowest BCUT2D eigenvalue weighted by atomic mass is 9.93. The van der Waals surface area contributed by atoms with Crippen molar-refractivity contribution in [3.63, 3.8) is 0 Å². The number of amides is 3. The molecule has 4 N–H and O–H groups in total. The number of carbonyl (C=O) groups excluding carboxylic acids is 3. The number of nitrogens with one attached hydrogen (secondary N) is 2. The summed E-state index contributed by atoms with van der Waals surface area (Å²) in [6.45, 7) is 4.50. The van der Waals surface area contributed by atoms with Crippen molar-refractivity contribution in [2.24, 2.45) is 5.92 Å². The fourth-order valence-corrected chi connectivity index (χ4v) is 4.74. The van der Waals surface area contributed by atoms with Gasteiger partial charge in [-0.2, -0.15) is 0 Å². The molecule has 160 valence electrons. The second kappa shape index (κ2) is 9.25. The van der Waals surface area contributed by atoms with Crippen LogP contribution < -0.4 is 16.4 Å². The van der Waals surface area contributed by atoms with Gasteiger partial charge in [-0.15, -0.1) is 11.3 Å². The minimum atomic E-state index is -0.703. The van der Waals surface area contributed by atoms with Gasteiger partial charge in [-0.3, -0.25) is 14.4 Å². The van der Waals surface area contributed by atoms with Gasteiger partial charge < -0.3 is 21.3 Å². The van der Waals surface area contributed by atoms with Gasteiger partial charge in [0.1, 0.15) is 5.82 Å². The van der Waals surface area contributed by atoms with Crippen molar-refractivity contribution in [1.82, 2.24) is 15.2 Å². The van der Waals surface area contributed by atoms with E-state index < -0.39 is 11.8 Å². The smallest absolute Gasteiger partial charge is 0.313 e. The summed E-state index contributed by atoms with van der Waals surface area (Å²) in [4.78, 5) is 44.9. The van der Waals surface area contributed by atoms with Crippen LogP contribution in [0.3, 0.4) is 0 Å². The van der Waals surface area contributed by atoms with E-state index in [9.17, 15) is 14.4 Å². The molecule has 1 saturated heterocycles. The molecule has 9 heteroatoms. The highest BCUT2D eigenvalue weighted by Crippen LogP contribution is 2.37. The Balaban J connectivity index is 1.79. The van der Waals surface area contributed by atoms with Gasteiger partial charge in [0.2, 0.25) is 0 Å². The minimum Gasteiger partial charge on any atom is -0.383 e. The molecule has 0 aliphatic carbocycles. The summed E-state index contributed by atoms with van der Waals surface area (Å²) < 4.78 is 0. The summed E-state index contributed by atoms with van der Waals surface area (Å²) in [6, 6.07) is 5.13. The predicted octanol–water partition coefficient (Wildman–Crippen LogP) is 2.59. The first-order valence-corrected chi connectivity index (χ1v) is 10.8. The van der Waals surface area contributed by atoms with Crippen molar-refractivity contribution in [3.8, 4) is 0 Å². The maximum Gasteiger partial charge on any atom is 0.313 e. The number of piperidine rings is 1. The molecule has 1 aliphatic heterocycles. The van der Waals surface area contributed by atoms with Gasteiger partial charge in [-0.05, 0) is 48.9 Å². The van der Waals surface area contributed by atoms with E-state index >= 15 is 0 Å². The van der Waals surface area contributed by atoms with Crippen LogP contribution in [0.1, 0.15) is 52.8 Å². The number of hydrogen-bond donors (Lipinski definition) is 3. The number of hydrogen-bond acceptors (Lipinski definition) is 6. The number of rotatable bonds is 4. The van der Waals surface area contributed by atoms with Crippen molar-refractivity contribution < 1.29 is 14.4 Å². The van der Waals surface area contributed by atoms with Gasteiger partial charge in [0.15, 0.2) is 0 Å². The third kappa shape index (κ3) is 4.62. The molecule has 3 amide bonds. The van der Waals surface area contributed by atoms with E-state index in [1.165, 1.54) is 17.5 Å². The lowest BCUT2D eigenvalue weighted by Gasteiger charge is -2.37. The van der Waals surface area contributed by atoms with Crippen molar-refractivity contribution in [2.45, 2.75) is 39.2 Å². The Morgan fingerprint density at radius 2 is 2.07 bits per heavy atom. The number of pyridine rings is 1. The Morgan fingerprint density at radius 3 is 2.77 bits per heavy atom. The SMILES string of the molecule is CCc1cc(NC(=O)C(=O)N2CC(C)CCC2c2ccc(C(=O)NC)s2)cnc1N. The van der Waals surface area contributed by atoms with E-state index in [2.05, 4.69) is 22.5 Å². The van der Waals surface area contributed by atoms with E-state index in [4.69, 9.17) is 5.73 Å². The van der Waals surface area contributed by atoms with E-state index in [0.29, 0.717) is 35.3 Å². The third-order valence-electron chi connectivity index (χ3n) is 5.32. The highest BCUT2D eigenvalue weighted by Gasteiger charge is 2.35. The van der Waals surface area contributed by atoms with Crippen LogP contribution in [0.4, 0.5) is 11.5 Å². The van der Waals surface area contributed by atoms with Crippen molar-refractivity contribution in [2.75, 3.05) is 24.6 Å². The van der Waals surface area contributed by atoms with Crippen LogP contribution in [-0.2, 0) is 16.0 Å². The second-order valence-corrected chi connectivity index (χ2v) is 8.63. The first kappa shape index (κ1) is 21.8. The molecule has 0 bridgehead atoms. The molecule has 2 aromatic heterocycles. The van der Waals surface area contributed by atoms with Gasteiger partial charge >= 0.3 is 11.8 Å². The largest absolute Gasteiger partial charge is 0.383 e. The molecule has 0 radical (unpaired) electrons. The molecule has 3 heterocycles. The maximum atomic E-state index is 13.0. The van der Waals surface area contributed by atoms with Crippen molar-refractivity contribution in [3.05, 3.63) is 39.7 Å². The van der Waals surface area contributed by atoms with Crippen LogP contribution in [0.5, 0.6) is 0 Å². The maximum absolute atomic E-state index is 13.0. The molecule has 1 fully saturated rings. The zero-order chi connectivity index (χ0) is 21.8. The molecule has 30 heavy (non-hydrogen) atoms. The molecule has 0 saturated carbocycles. The van der Waals surface area contributed by atoms with Crippen LogP contribution in [0.15, 0.2) is 24.4 Å². The molecule has 1 aliphatic rings. The van der Waals surface area contributed by atoms with E-state index in [-0.39, 0.29) is 11.9 Å². The molecular weight excluding hydrogens is 402 g/mol. The number of nitrogens with two attached hydrogens (primary N) is 1. The summed E-state index contributed by atoms with van der Waals surface area (Å²) in [5, 5.41) is 5.26. The van der Waals surface area contributed by atoms with E-state index in [1.807, 2.05) is 13.0 Å². The number of aromatic nitrogens is 1. The zero-order valence-electron chi connectivity index (χ0n) is 17.4. The average molecular weight is 430 g/mol. The number of nitrogen functional groups attached to an aromatic ring is 1. The highest BCUT2D eigenvalue weighted by molar-refractivity contribution is 7.14. The molecular formula is C21H27N5O3S. The van der Waals surface area contributed by atoms with E-state index in [0.717, 1.165) is 23.3 Å². The lowest BCUT2D eigenvalue weighted by Crippen LogP contribution is -2.46. The second-order valence-electron chi connectivity index (χ2n) is 7.51. The Kier molecular flexibility index (Phi) is 6.71. The van der Waals surface area contributed by atoms with Crippen LogP contribution in [0.2, 0.25) is 0 Å².